The molecule has 0 unspecified atom stereocenters. The molecule has 0 spiro atoms. The summed E-state index contributed by atoms with van der Waals surface area (Å²) < 4.78 is 0.799. The standard InChI is InChI=1S/C15H15I/c16-15-13-8-7-12(10-13)14(15)9-6-11-4-2-1-3-5-11/h1-5,12-15H,7-8,10H2/t12-,13+,14+,15-/m1/s1. The highest BCUT2D eigenvalue weighted by Crippen LogP contribution is 2.51. The van der Waals surface area contributed by atoms with Gasteiger partial charge in [-0.25, -0.2) is 0 Å². The number of benzene rings is 1. The van der Waals surface area contributed by atoms with Crippen LogP contribution in [-0.4, -0.2) is 3.92 Å². The molecular formula is C15H15I. The predicted octanol–water partition coefficient (Wildman–Crippen LogP) is 3.89. The predicted molar refractivity (Wildman–Crippen MR) is 75.4 cm³/mol. The first-order valence-corrected chi connectivity index (χ1v) is 7.30. The Balaban J connectivity index is 1.79. The molecule has 4 atom stereocenters. The van der Waals surface area contributed by atoms with Crippen LogP contribution in [0.1, 0.15) is 24.8 Å². The maximum Gasteiger partial charge on any atom is 0.0355 e. The van der Waals surface area contributed by atoms with Crippen LogP contribution in [0.4, 0.5) is 0 Å². The largest absolute Gasteiger partial charge is 0.0931 e. The quantitative estimate of drug-likeness (QED) is 0.386. The summed E-state index contributed by atoms with van der Waals surface area (Å²) in [5, 5.41) is 0. The number of hydrogen-bond acceptors (Lipinski definition) is 0. The number of halogens is 1. The second kappa shape index (κ2) is 4.41. The molecule has 0 nitrogen and oxygen atoms in total. The van der Waals surface area contributed by atoms with Gasteiger partial charge in [-0.05, 0) is 43.2 Å². The molecule has 0 amide bonds. The van der Waals surface area contributed by atoms with E-state index in [4.69, 9.17) is 0 Å². The van der Waals surface area contributed by atoms with Crippen molar-refractivity contribution in [1.82, 2.24) is 0 Å². The van der Waals surface area contributed by atoms with E-state index in [-0.39, 0.29) is 0 Å². The monoisotopic (exact) mass is 322 g/mol. The van der Waals surface area contributed by atoms with Crippen molar-refractivity contribution in [3.05, 3.63) is 35.9 Å². The summed E-state index contributed by atoms with van der Waals surface area (Å²) in [4.78, 5) is 0. The SMILES string of the molecule is I[C@@H]1[C@H]2CC[C@H](C2)[C@@H]1C#Cc1ccccc1. The summed E-state index contributed by atoms with van der Waals surface area (Å²) in [6.07, 6.45) is 4.29. The van der Waals surface area contributed by atoms with Crippen molar-refractivity contribution in [2.75, 3.05) is 0 Å². The zero-order valence-corrected chi connectivity index (χ0v) is 11.4. The Morgan fingerprint density at radius 2 is 1.81 bits per heavy atom. The zero-order valence-electron chi connectivity index (χ0n) is 9.20. The molecule has 2 aliphatic carbocycles. The molecule has 2 aliphatic rings. The normalized spacial score (nSPS) is 35.8. The summed E-state index contributed by atoms with van der Waals surface area (Å²) in [5.41, 5.74) is 1.16. The van der Waals surface area contributed by atoms with Crippen LogP contribution in [0.25, 0.3) is 0 Å². The molecule has 2 fully saturated rings. The minimum absolute atomic E-state index is 0.652. The van der Waals surface area contributed by atoms with Gasteiger partial charge in [0.05, 0.1) is 0 Å². The van der Waals surface area contributed by atoms with E-state index in [1.54, 1.807) is 0 Å². The van der Waals surface area contributed by atoms with Gasteiger partial charge in [-0.3, -0.25) is 0 Å². The molecule has 0 aliphatic heterocycles. The molecule has 2 saturated carbocycles. The molecule has 0 N–H and O–H groups in total. The van der Waals surface area contributed by atoms with Crippen molar-refractivity contribution in [2.24, 2.45) is 17.8 Å². The third-order valence-electron chi connectivity index (χ3n) is 3.97. The molecule has 0 heterocycles. The molecule has 3 rings (SSSR count). The van der Waals surface area contributed by atoms with E-state index in [0.29, 0.717) is 5.92 Å². The van der Waals surface area contributed by atoms with Crippen molar-refractivity contribution in [1.29, 1.82) is 0 Å². The van der Waals surface area contributed by atoms with Gasteiger partial charge in [0.15, 0.2) is 0 Å². The molecular weight excluding hydrogens is 307 g/mol. The van der Waals surface area contributed by atoms with Gasteiger partial charge in [0, 0.05) is 15.4 Å². The third kappa shape index (κ3) is 1.88. The second-order valence-corrected chi connectivity index (χ2v) is 6.38. The molecule has 1 heteroatoms. The molecule has 0 radical (unpaired) electrons. The maximum absolute atomic E-state index is 3.52. The Kier molecular flexibility index (Phi) is 2.93. The highest BCUT2D eigenvalue weighted by Gasteiger charge is 2.45. The fourth-order valence-electron chi connectivity index (χ4n) is 3.11. The summed E-state index contributed by atoms with van der Waals surface area (Å²) >= 11 is 2.63. The molecule has 0 aromatic heterocycles. The lowest BCUT2D eigenvalue weighted by Gasteiger charge is -2.22. The van der Waals surface area contributed by atoms with E-state index in [1.165, 1.54) is 19.3 Å². The van der Waals surface area contributed by atoms with Crippen LogP contribution in [0.15, 0.2) is 30.3 Å². The third-order valence-corrected chi connectivity index (χ3v) is 5.76. The van der Waals surface area contributed by atoms with E-state index in [1.807, 2.05) is 6.07 Å². The second-order valence-electron chi connectivity index (χ2n) is 4.94. The summed E-state index contributed by atoms with van der Waals surface area (Å²) in [6.45, 7) is 0. The van der Waals surface area contributed by atoms with Gasteiger partial charge < -0.3 is 0 Å². The lowest BCUT2D eigenvalue weighted by Crippen LogP contribution is -2.20. The van der Waals surface area contributed by atoms with Crippen LogP contribution in [0.5, 0.6) is 0 Å². The Morgan fingerprint density at radius 1 is 1.06 bits per heavy atom. The van der Waals surface area contributed by atoms with Crippen molar-refractivity contribution in [2.45, 2.75) is 23.2 Å². The highest BCUT2D eigenvalue weighted by molar-refractivity contribution is 14.1. The lowest BCUT2D eigenvalue weighted by atomic mass is 9.89. The Bertz CT molecular complexity index is 424. The van der Waals surface area contributed by atoms with Crippen LogP contribution in [0.3, 0.4) is 0 Å². The molecule has 16 heavy (non-hydrogen) atoms. The zero-order chi connectivity index (χ0) is 11.0. The van der Waals surface area contributed by atoms with E-state index < -0.39 is 0 Å². The first kappa shape index (κ1) is 10.7. The van der Waals surface area contributed by atoms with Gasteiger partial charge in [-0.1, -0.05) is 52.6 Å². The first-order chi connectivity index (χ1) is 7.84. The minimum Gasteiger partial charge on any atom is -0.0931 e. The van der Waals surface area contributed by atoms with Crippen LogP contribution in [0.2, 0.25) is 0 Å². The van der Waals surface area contributed by atoms with Crippen molar-refractivity contribution in [3.63, 3.8) is 0 Å². The number of rotatable bonds is 0. The van der Waals surface area contributed by atoms with Gasteiger partial charge in [-0.2, -0.15) is 0 Å². The number of fused-ring (bicyclic) bond motifs is 2. The molecule has 0 saturated heterocycles. The van der Waals surface area contributed by atoms with Crippen LogP contribution < -0.4 is 0 Å². The van der Waals surface area contributed by atoms with Crippen molar-refractivity contribution < 1.29 is 0 Å². The van der Waals surface area contributed by atoms with Gasteiger partial charge in [0.2, 0.25) is 0 Å². The number of hydrogen-bond donors (Lipinski definition) is 0. The van der Waals surface area contributed by atoms with E-state index >= 15 is 0 Å². The van der Waals surface area contributed by atoms with Crippen molar-refractivity contribution >= 4 is 22.6 Å². The van der Waals surface area contributed by atoms with E-state index in [0.717, 1.165) is 21.3 Å². The van der Waals surface area contributed by atoms with Crippen LogP contribution in [0, 0.1) is 29.6 Å². The Hall–Kier alpha value is -0.490. The Morgan fingerprint density at radius 3 is 2.50 bits per heavy atom. The molecule has 1 aromatic carbocycles. The fourth-order valence-corrected chi connectivity index (χ4v) is 4.53. The van der Waals surface area contributed by atoms with Gasteiger partial charge in [-0.15, -0.1) is 0 Å². The lowest BCUT2D eigenvalue weighted by molar-refractivity contribution is 0.427. The molecule has 82 valence electrons. The average Bonchev–Trinajstić information content (AvgIpc) is 2.89. The maximum atomic E-state index is 3.52. The Labute approximate surface area is 111 Å². The summed E-state index contributed by atoms with van der Waals surface area (Å²) in [6, 6.07) is 10.4. The summed E-state index contributed by atoms with van der Waals surface area (Å²) in [5.74, 6) is 9.37. The van der Waals surface area contributed by atoms with Crippen LogP contribution in [-0.2, 0) is 0 Å². The smallest absolute Gasteiger partial charge is 0.0355 e. The molecule has 1 aromatic rings. The summed E-state index contributed by atoms with van der Waals surface area (Å²) in [7, 11) is 0. The molecule has 2 bridgehead atoms. The van der Waals surface area contributed by atoms with Crippen molar-refractivity contribution in [3.8, 4) is 11.8 Å². The van der Waals surface area contributed by atoms with Gasteiger partial charge >= 0.3 is 0 Å². The average molecular weight is 322 g/mol. The van der Waals surface area contributed by atoms with Gasteiger partial charge in [0.1, 0.15) is 0 Å². The topological polar surface area (TPSA) is 0 Å². The van der Waals surface area contributed by atoms with Gasteiger partial charge in [0.25, 0.3) is 0 Å². The van der Waals surface area contributed by atoms with E-state index in [2.05, 4.69) is 58.7 Å². The first-order valence-electron chi connectivity index (χ1n) is 6.05. The van der Waals surface area contributed by atoms with Crippen LogP contribution >= 0.6 is 22.6 Å². The number of alkyl halides is 1. The highest BCUT2D eigenvalue weighted by atomic mass is 127. The van der Waals surface area contributed by atoms with E-state index in [9.17, 15) is 0 Å². The minimum atomic E-state index is 0.652. The fraction of sp³-hybridized carbons (Fsp3) is 0.467.